The minimum atomic E-state index is -0.903. The van der Waals surface area contributed by atoms with Gasteiger partial charge in [0, 0.05) is 11.9 Å². The summed E-state index contributed by atoms with van der Waals surface area (Å²) in [5.41, 5.74) is 0. The normalized spacial score (nSPS) is 10.3. The van der Waals surface area contributed by atoms with E-state index in [-0.39, 0.29) is 67.9 Å². The van der Waals surface area contributed by atoms with Crippen LogP contribution in [0.25, 0.3) is 0 Å². The first-order chi connectivity index (χ1) is 19.5. The van der Waals surface area contributed by atoms with Crippen molar-refractivity contribution in [2.45, 2.75) is 219 Å². The van der Waals surface area contributed by atoms with Crippen molar-refractivity contribution in [2.24, 2.45) is 0 Å². The Bertz CT molecular complexity index is 461. The predicted molar refractivity (Wildman–Crippen MR) is 181 cm³/mol. The van der Waals surface area contributed by atoms with Gasteiger partial charge in [-0.25, -0.2) is 0 Å². The van der Waals surface area contributed by atoms with Crippen molar-refractivity contribution in [3.05, 3.63) is 0 Å². The molecule has 0 aliphatic carbocycles. The fourth-order valence-corrected chi connectivity index (χ4v) is 5.28. The zero-order valence-electron chi connectivity index (χ0n) is 29.0. The molecule has 42 heavy (non-hydrogen) atoms. The van der Waals surface area contributed by atoms with Gasteiger partial charge >= 0.3 is 48.9 Å². The van der Waals surface area contributed by atoms with Gasteiger partial charge in [0.2, 0.25) is 0 Å². The third-order valence-electron chi connectivity index (χ3n) is 7.97. The third kappa shape index (κ3) is 53.1. The summed E-state index contributed by atoms with van der Waals surface area (Å²) in [4.78, 5) is 20.4. The van der Waals surface area contributed by atoms with Crippen molar-refractivity contribution < 1.29 is 19.8 Å². The zero-order chi connectivity index (χ0) is 29.8. The Morgan fingerprint density at radius 2 is 0.476 bits per heavy atom. The fraction of sp³-hybridized carbons (Fsp3) is 0.944. The Labute approximate surface area is 303 Å². The molecule has 5 nitrogen and oxygen atoms in total. The smallest absolute Gasteiger partial charge is 0.550 e. The summed E-state index contributed by atoms with van der Waals surface area (Å²) in [6.07, 6.45) is 39.7. The SMILES string of the molecule is CCCCCCCCCCCCCCCCCC(=O)[O-].CCCCCCCCCCCCCCCCCC(=O)[O-].[Ba+2].[NH4+]. The Hall–Kier alpha value is 0.471. The maximum Gasteiger partial charge on any atom is 2.00 e. The standard InChI is InChI=1S/2C18H36O2.Ba.H3N/c2*1-2-3-4-5-6-7-8-9-10-11-12-13-14-15-16-17-18(19)20;;/h2*2-17H2,1H3,(H,19,20);;1H3/q;;+2;/p-1. The predicted octanol–water partition coefficient (Wildman–Crippen LogP) is 9.99. The molecule has 0 fully saturated rings. The number of carbonyl (C=O) groups is 2. The van der Waals surface area contributed by atoms with Crippen LogP contribution in [0.4, 0.5) is 0 Å². The number of hydrogen-bond donors (Lipinski definition) is 1. The number of carbonyl (C=O) groups excluding carboxylic acids is 2. The van der Waals surface area contributed by atoms with E-state index < -0.39 is 11.9 Å². The van der Waals surface area contributed by atoms with E-state index in [0.29, 0.717) is 0 Å². The molecule has 248 valence electrons. The average Bonchev–Trinajstić information content (AvgIpc) is 2.93. The Morgan fingerprint density at radius 3 is 0.619 bits per heavy atom. The quantitative estimate of drug-likeness (QED) is 0.0550. The van der Waals surface area contributed by atoms with Crippen LogP contribution in [0.3, 0.4) is 0 Å². The summed E-state index contributed by atoms with van der Waals surface area (Å²) in [6.45, 7) is 4.53. The summed E-state index contributed by atoms with van der Waals surface area (Å²) in [5.74, 6) is -1.81. The molecule has 0 saturated carbocycles. The topological polar surface area (TPSA) is 117 Å². The Morgan fingerprint density at radius 1 is 0.333 bits per heavy atom. The van der Waals surface area contributed by atoms with Crippen LogP contribution in [0.15, 0.2) is 0 Å². The molecular weight excluding hydrogens is 648 g/mol. The number of aliphatic carboxylic acids is 2. The molecule has 0 heterocycles. The van der Waals surface area contributed by atoms with Crippen molar-refractivity contribution in [2.75, 3.05) is 0 Å². The monoisotopic (exact) mass is 722 g/mol. The molecule has 0 spiro atoms. The summed E-state index contributed by atoms with van der Waals surface area (Å²) >= 11 is 0. The van der Waals surface area contributed by atoms with Crippen LogP contribution in [-0.2, 0) is 9.59 Å². The van der Waals surface area contributed by atoms with Crippen molar-refractivity contribution in [3.8, 4) is 0 Å². The molecule has 0 radical (unpaired) electrons. The van der Waals surface area contributed by atoms with Gasteiger partial charge in [-0.15, -0.1) is 0 Å². The summed E-state index contributed by atoms with van der Waals surface area (Å²) in [6, 6.07) is 0. The number of hydrogen-bond acceptors (Lipinski definition) is 4. The fourth-order valence-electron chi connectivity index (χ4n) is 5.28. The molecule has 0 amide bonds. The largest absolute Gasteiger partial charge is 2.00 e. The number of carboxylic acids is 2. The molecule has 0 aliphatic rings. The molecule has 0 aromatic heterocycles. The molecule has 0 saturated heterocycles. The second-order valence-electron chi connectivity index (χ2n) is 12.1. The van der Waals surface area contributed by atoms with Crippen LogP contribution in [0.1, 0.15) is 219 Å². The Kier molecular flexibility index (Phi) is 53.9. The Balaban J connectivity index is -0.000000328. The molecule has 0 aromatic carbocycles. The first-order valence-electron chi connectivity index (χ1n) is 17.9. The van der Waals surface area contributed by atoms with Crippen LogP contribution < -0.4 is 16.4 Å². The van der Waals surface area contributed by atoms with Crippen molar-refractivity contribution in [3.63, 3.8) is 0 Å². The van der Waals surface area contributed by atoms with Gasteiger partial charge in [-0.05, 0) is 25.7 Å². The summed E-state index contributed by atoms with van der Waals surface area (Å²) < 4.78 is 0. The van der Waals surface area contributed by atoms with Crippen LogP contribution in [0, 0.1) is 0 Å². The number of rotatable bonds is 32. The van der Waals surface area contributed by atoms with E-state index >= 15 is 0 Å². The van der Waals surface area contributed by atoms with Crippen LogP contribution in [-0.4, -0.2) is 60.8 Å². The summed E-state index contributed by atoms with van der Waals surface area (Å²) in [7, 11) is 0. The minimum absolute atomic E-state index is 0. The minimum Gasteiger partial charge on any atom is -0.550 e. The van der Waals surface area contributed by atoms with Gasteiger partial charge < -0.3 is 26.0 Å². The maximum atomic E-state index is 10.2. The molecular formula is C36H74BaNO4+. The molecule has 0 unspecified atom stereocenters. The van der Waals surface area contributed by atoms with E-state index in [9.17, 15) is 19.8 Å². The third-order valence-corrected chi connectivity index (χ3v) is 7.97. The van der Waals surface area contributed by atoms with Crippen molar-refractivity contribution in [1.29, 1.82) is 0 Å². The van der Waals surface area contributed by atoms with E-state index in [1.165, 1.54) is 167 Å². The van der Waals surface area contributed by atoms with Gasteiger partial charge in [0.25, 0.3) is 0 Å². The molecule has 4 N–H and O–H groups in total. The molecule has 0 rings (SSSR count). The van der Waals surface area contributed by atoms with Gasteiger partial charge in [-0.1, -0.05) is 194 Å². The molecule has 6 heteroatoms. The number of quaternary nitrogens is 1. The average molecular weight is 722 g/mol. The molecule has 0 atom stereocenters. The van der Waals surface area contributed by atoms with Gasteiger partial charge in [-0.2, -0.15) is 0 Å². The van der Waals surface area contributed by atoms with Crippen LogP contribution in [0.5, 0.6) is 0 Å². The van der Waals surface area contributed by atoms with E-state index in [2.05, 4.69) is 13.8 Å². The number of carboxylic acid groups (broad SMARTS) is 2. The molecule has 0 bridgehead atoms. The second-order valence-corrected chi connectivity index (χ2v) is 12.1. The van der Waals surface area contributed by atoms with Crippen molar-refractivity contribution in [1.82, 2.24) is 6.15 Å². The molecule has 0 aliphatic heterocycles. The van der Waals surface area contributed by atoms with Gasteiger partial charge in [0.05, 0.1) is 0 Å². The van der Waals surface area contributed by atoms with Gasteiger partial charge in [-0.3, -0.25) is 0 Å². The first-order valence-corrected chi connectivity index (χ1v) is 17.9. The van der Waals surface area contributed by atoms with Crippen LogP contribution >= 0.6 is 0 Å². The first kappa shape index (κ1) is 49.4. The second kappa shape index (κ2) is 45.9. The van der Waals surface area contributed by atoms with Crippen LogP contribution in [0.2, 0.25) is 0 Å². The van der Waals surface area contributed by atoms with E-state index in [0.717, 1.165) is 25.7 Å². The van der Waals surface area contributed by atoms with Gasteiger partial charge in [0.15, 0.2) is 0 Å². The number of unbranched alkanes of at least 4 members (excludes halogenated alkanes) is 28. The van der Waals surface area contributed by atoms with Crippen molar-refractivity contribution >= 4 is 60.8 Å². The maximum absolute atomic E-state index is 10.2. The van der Waals surface area contributed by atoms with E-state index in [4.69, 9.17) is 0 Å². The van der Waals surface area contributed by atoms with E-state index in [1.807, 2.05) is 0 Å². The van der Waals surface area contributed by atoms with Gasteiger partial charge in [0.1, 0.15) is 0 Å². The zero-order valence-corrected chi connectivity index (χ0v) is 33.4. The summed E-state index contributed by atoms with van der Waals surface area (Å²) in [5, 5.41) is 20.4. The van der Waals surface area contributed by atoms with E-state index in [1.54, 1.807) is 0 Å². The molecule has 0 aromatic rings.